The fraction of sp³-hybridized carbons (Fsp3) is 0.115. The van der Waals surface area contributed by atoms with E-state index in [4.69, 9.17) is 11.6 Å². The summed E-state index contributed by atoms with van der Waals surface area (Å²) in [6, 6.07) is 15.3. The minimum Gasteiger partial charge on any atom is -0.323 e. The van der Waals surface area contributed by atoms with Crippen molar-refractivity contribution in [3.05, 3.63) is 93.3 Å². The molecule has 3 aromatic carbocycles. The smallest absolute Gasteiger partial charge is 0.323 e. The van der Waals surface area contributed by atoms with Gasteiger partial charge in [-0.05, 0) is 47.5 Å². The molecule has 0 aliphatic carbocycles. The first-order valence-electron chi connectivity index (χ1n) is 10.8. The Balaban J connectivity index is 1.51. The number of carbonyl (C=O) groups excluding carboxylic acids is 1. The standard InChI is InChI=1S/C26H17ClF3N3O2S/c1-14(23(34)32-21-11-18(26(28,29)30)8-9-20(21)27)33-13-31-24-22(25(33)35)19(12-36-24)17-7-6-15-4-2-3-5-16(15)10-17/h2-14H,1H3,(H,32,34). The fourth-order valence-electron chi connectivity index (χ4n) is 3.95. The monoisotopic (exact) mass is 527 g/mol. The number of aromatic nitrogens is 2. The quantitative estimate of drug-likeness (QED) is 0.270. The molecule has 0 saturated carbocycles. The van der Waals surface area contributed by atoms with E-state index in [1.165, 1.54) is 24.6 Å². The maximum Gasteiger partial charge on any atom is 0.416 e. The molecule has 1 amide bonds. The molecular weight excluding hydrogens is 511 g/mol. The van der Waals surface area contributed by atoms with Crippen LogP contribution in [-0.2, 0) is 11.0 Å². The Morgan fingerprint density at radius 1 is 1.08 bits per heavy atom. The van der Waals surface area contributed by atoms with Gasteiger partial charge >= 0.3 is 6.18 Å². The van der Waals surface area contributed by atoms with Gasteiger partial charge in [0.2, 0.25) is 5.91 Å². The Kier molecular flexibility index (Phi) is 6.05. The number of halogens is 4. The van der Waals surface area contributed by atoms with E-state index in [2.05, 4.69) is 10.3 Å². The number of thiophene rings is 1. The largest absolute Gasteiger partial charge is 0.416 e. The third-order valence-corrected chi connectivity index (χ3v) is 7.14. The van der Waals surface area contributed by atoms with Gasteiger partial charge in [-0.15, -0.1) is 11.3 Å². The molecule has 1 N–H and O–H groups in total. The molecule has 2 heterocycles. The second kappa shape index (κ2) is 9.07. The number of nitrogens with one attached hydrogen (secondary N) is 1. The van der Waals surface area contributed by atoms with Crippen LogP contribution in [0.3, 0.4) is 0 Å². The zero-order valence-corrected chi connectivity index (χ0v) is 20.2. The fourth-order valence-corrected chi connectivity index (χ4v) is 5.02. The van der Waals surface area contributed by atoms with Crippen LogP contribution in [-0.4, -0.2) is 15.5 Å². The number of anilines is 1. The van der Waals surface area contributed by atoms with E-state index in [0.29, 0.717) is 15.8 Å². The van der Waals surface area contributed by atoms with Crippen LogP contribution in [0.5, 0.6) is 0 Å². The second-order valence-electron chi connectivity index (χ2n) is 8.21. The lowest BCUT2D eigenvalue weighted by Crippen LogP contribution is -2.31. The number of hydrogen-bond donors (Lipinski definition) is 1. The average Bonchev–Trinajstić information content (AvgIpc) is 3.29. The van der Waals surface area contributed by atoms with E-state index in [-0.39, 0.29) is 10.7 Å². The Bertz CT molecular complexity index is 1690. The molecule has 10 heteroatoms. The molecule has 0 aliphatic rings. The Labute approximate surface area is 211 Å². The second-order valence-corrected chi connectivity index (χ2v) is 9.47. The molecule has 5 nitrogen and oxygen atoms in total. The summed E-state index contributed by atoms with van der Waals surface area (Å²) < 4.78 is 40.4. The number of benzene rings is 3. The maximum atomic E-state index is 13.5. The molecule has 5 aromatic rings. The molecule has 36 heavy (non-hydrogen) atoms. The third-order valence-electron chi connectivity index (χ3n) is 5.93. The zero-order valence-electron chi connectivity index (χ0n) is 18.6. The minimum absolute atomic E-state index is 0.0547. The van der Waals surface area contributed by atoms with E-state index in [1.54, 1.807) is 0 Å². The number of alkyl halides is 3. The lowest BCUT2D eigenvalue weighted by Gasteiger charge is -2.17. The van der Waals surface area contributed by atoms with Gasteiger partial charge in [0.25, 0.3) is 5.56 Å². The van der Waals surface area contributed by atoms with Crippen LogP contribution in [0.2, 0.25) is 5.02 Å². The molecule has 5 rings (SSSR count). The Morgan fingerprint density at radius 3 is 2.58 bits per heavy atom. The van der Waals surface area contributed by atoms with Crippen LogP contribution >= 0.6 is 22.9 Å². The summed E-state index contributed by atoms with van der Waals surface area (Å²) in [6.45, 7) is 1.47. The summed E-state index contributed by atoms with van der Waals surface area (Å²) in [5.74, 6) is -0.707. The molecule has 0 saturated heterocycles. The summed E-state index contributed by atoms with van der Waals surface area (Å²) in [6.07, 6.45) is -3.33. The first-order chi connectivity index (χ1) is 17.1. The van der Waals surface area contributed by atoms with Crippen molar-refractivity contribution >= 4 is 55.5 Å². The van der Waals surface area contributed by atoms with Gasteiger partial charge in [-0.3, -0.25) is 14.2 Å². The zero-order chi connectivity index (χ0) is 25.6. The molecule has 0 bridgehead atoms. The lowest BCUT2D eigenvalue weighted by atomic mass is 10.0. The van der Waals surface area contributed by atoms with Crippen molar-refractivity contribution in [1.29, 1.82) is 0 Å². The van der Waals surface area contributed by atoms with E-state index < -0.39 is 29.2 Å². The van der Waals surface area contributed by atoms with Gasteiger partial charge in [0.05, 0.1) is 28.0 Å². The van der Waals surface area contributed by atoms with E-state index >= 15 is 0 Å². The topological polar surface area (TPSA) is 64.0 Å². The van der Waals surface area contributed by atoms with Gasteiger partial charge < -0.3 is 5.32 Å². The van der Waals surface area contributed by atoms with Crippen LogP contribution < -0.4 is 10.9 Å². The van der Waals surface area contributed by atoms with Crippen molar-refractivity contribution in [2.24, 2.45) is 0 Å². The van der Waals surface area contributed by atoms with Crippen molar-refractivity contribution in [3.8, 4) is 11.1 Å². The Morgan fingerprint density at radius 2 is 1.83 bits per heavy atom. The highest BCUT2D eigenvalue weighted by Gasteiger charge is 2.31. The molecule has 0 aliphatic heterocycles. The number of carbonyl (C=O) groups is 1. The van der Waals surface area contributed by atoms with E-state index in [0.717, 1.165) is 39.1 Å². The number of fused-ring (bicyclic) bond motifs is 2. The third kappa shape index (κ3) is 4.36. The number of amides is 1. The predicted octanol–water partition coefficient (Wildman–Crippen LogP) is 7.15. The van der Waals surface area contributed by atoms with Gasteiger partial charge in [-0.2, -0.15) is 13.2 Å². The highest BCUT2D eigenvalue weighted by Crippen LogP contribution is 2.35. The summed E-state index contributed by atoms with van der Waals surface area (Å²) in [4.78, 5) is 31.3. The van der Waals surface area contributed by atoms with Gasteiger partial charge in [-0.25, -0.2) is 4.98 Å². The summed E-state index contributed by atoms with van der Waals surface area (Å²) in [5.41, 5.74) is -0.0426. The lowest BCUT2D eigenvalue weighted by molar-refractivity contribution is -0.137. The van der Waals surface area contributed by atoms with Crippen molar-refractivity contribution < 1.29 is 18.0 Å². The minimum atomic E-state index is -4.60. The van der Waals surface area contributed by atoms with Gasteiger partial charge in [0, 0.05) is 10.9 Å². The molecule has 0 fully saturated rings. The van der Waals surface area contributed by atoms with Gasteiger partial charge in [0.1, 0.15) is 10.9 Å². The van der Waals surface area contributed by atoms with Crippen LogP contribution in [0.25, 0.3) is 32.1 Å². The molecule has 2 aromatic heterocycles. The van der Waals surface area contributed by atoms with Crippen molar-refractivity contribution in [1.82, 2.24) is 9.55 Å². The molecule has 182 valence electrons. The highest BCUT2D eigenvalue weighted by molar-refractivity contribution is 7.17. The van der Waals surface area contributed by atoms with Crippen molar-refractivity contribution in [2.45, 2.75) is 19.1 Å². The van der Waals surface area contributed by atoms with Crippen LogP contribution in [0.15, 0.2) is 77.2 Å². The molecule has 0 spiro atoms. The molecule has 1 atom stereocenters. The van der Waals surface area contributed by atoms with Crippen molar-refractivity contribution in [3.63, 3.8) is 0 Å². The van der Waals surface area contributed by atoms with Gasteiger partial charge in [0.15, 0.2) is 0 Å². The molecule has 0 radical (unpaired) electrons. The predicted molar refractivity (Wildman–Crippen MR) is 137 cm³/mol. The normalized spacial score (nSPS) is 12.7. The molecule has 1 unspecified atom stereocenters. The number of hydrogen-bond acceptors (Lipinski definition) is 4. The van der Waals surface area contributed by atoms with E-state index in [1.807, 2.05) is 47.8 Å². The first-order valence-corrected chi connectivity index (χ1v) is 12.0. The van der Waals surface area contributed by atoms with Crippen LogP contribution in [0.1, 0.15) is 18.5 Å². The average molecular weight is 528 g/mol. The summed E-state index contributed by atoms with van der Waals surface area (Å²) >= 11 is 7.32. The number of nitrogens with zero attached hydrogens (tertiary/aromatic N) is 2. The SMILES string of the molecule is CC(C(=O)Nc1cc(C(F)(F)F)ccc1Cl)n1cnc2scc(-c3ccc4ccccc4c3)c2c1=O. The number of rotatable bonds is 4. The van der Waals surface area contributed by atoms with Crippen molar-refractivity contribution in [2.75, 3.05) is 5.32 Å². The molecular formula is C26H17ClF3N3O2S. The first kappa shape index (κ1) is 24.0. The van der Waals surface area contributed by atoms with Crippen LogP contribution in [0, 0.1) is 0 Å². The highest BCUT2D eigenvalue weighted by atomic mass is 35.5. The van der Waals surface area contributed by atoms with E-state index in [9.17, 15) is 22.8 Å². The Hall–Kier alpha value is -3.69. The summed E-state index contributed by atoms with van der Waals surface area (Å²) in [7, 11) is 0. The maximum absolute atomic E-state index is 13.5. The summed E-state index contributed by atoms with van der Waals surface area (Å²) in [5, 5.41) is 6.65. The van der Waals surface area contributed by atoms with Gasteiger partial charge in [-0.1, -0.05) is 48.0 Å². The van der Waals surface area contributed by atoms with Crippen LogP contribution in [0.4, 0.5) is 18.9 Å².